The van der Waals surface area contributed by atoms with E-state index in [1.165, 1.54) is 12.1 Å². The third-order valence-corrected chi connectivity index (χ3v) is 4.62. The summed E-state index contributed by atoms with van der Waals surface area (Å²) in [5.74, 6) is 0.777. The first-order valence-corrected chi connectivity index (χ1v) is 9.26. The number of halogens is 1. The van der Waals surface area contributed by atoms with Crippen molar-refractivity contribution in [3.05, 3.63) is 54.3 Å². The van der Waals surface area contributed by atoms with E-state index in [0.717, 1.165) is 23.1 Å². The second kappa shape index (κ2) is 8.68. The molecule has 3 rings (SSSR count). The minimum atomic E-state index is -0.339. The molecule has 0 aliphatic rings. The number of aromatic nitrogens is 2. The van der Waals surface area contributed by atoms with Gasteiger partial charge >= 0.3 is 0 Å². The van der Waals surface area contributed by atoms with Crippen LogP contribution in [0.3, 0.4) is 0 Å². The fraction of sp³-hybridized carbons (Fsp3) is 0.211. The van der Waals surface area contributed by atoms with Crippen molar-refractivity contribution in [2.45, 2.75) is 12.1 Å². The van der Waals surface area contributed by atoms with Crippen LogP contribution in [0.2, 0.25) is 0 Å². The number of hydrogen-bond acceptors (Lipinski definition) is 6. The maximum atomic E-state index is 13.1. The molecule has 1 amide bonds. The van der Waals surface area contributed by atoms with E-state index in [1.54, 1.807) is 36.3 Å². The molecule has 0 bridgehead atoms. The predicted molar refractivity (Wildman–Crippen MR) is 101 cm³/mol. The number of methoxy groups -OCH3 is 1. The van der Waals surface area contributed by atoms with Gasteiger partial charge in [0, 0.05) is 17.8 Å². The Morgan fingerprint density at radius 2 is 1.85 bits per heavy atom. The third kappa shape index (κ3) is 4.65. The first-order valence-electron chi connectivity index (χ1n) is 8.27. The van der Waals surface area contributed by atoms with Crippen molar-refractivity contribution < 1.29 is 18.3 Å². The summed E-state index contributed by atoms with van der Waals surface area (Å²) in [5.41, 5.74) is 1.41. The Morgan fingerprint density at radius 1 is 1.15 bits per heavy atom. The molecule has 2 aromatic carbocycles. The van der Waals surface area contributed by atoms with Gasteiger partial charge in [-0.25, -0.2) is 4.39 Å². The summed E-state index contributed by atoms with van der Waals surface area (Å²) in [6, 6.07) is 13.1. The zero-order valence-electron chi connectivity index (χ0n) is 14.9. The normalized spacial score (nSPS) is 10.6. The molecule has 6 nitrogen and oxygen atoms in total. The first kappa shape index (κ1) is 18.9. The fourth-order valence-corrected chi connectivity index (χ4v) is 3.08. The number of hydrogen-bond donors (Lipinski definition) is 0. The van der Waals surface area contributed by atoms with Crippen LogP contribution in [-0.4, -0.2) is 35.5 Å². The SMILES string of the molecule is CCN(C(=O)CSc1nnc(-c2ccc(OC)cc2)o1)c1ccc(F)cc1. The van der Waals surface area contributed by atoms with Crippen LogP contribution < -0.4 is 9.64 Å². The van der Waals surface area contributed by atoms with Gasteiger partial charge in [0.25, 0.3) is 5.22 Å². The molecular formula is C19H18FN3O3S. The zero-order chi connectivity index (χ0) is 19.2. The number of rotatable bonds is 7. The van der Waals surface area contributed by atoms with Crippen LogP contribution in [0.1, 0.15) is 6.92 Å². The second-order valence-corrected chi connectivity index (χ2v) is 6.43. The summed E-state index contributed by atoms with van der Waals surface area (Å²) in [6.07, 6.45) is 0. The van der Waals surface area contributed by atoms with Crippen LogP contribution in [0.4, 0.5) is 10.1 Å². The number of anilines is 1. The highest BCUT2D eigenvalue weighted by molar-refractivity contribution is 7.99. The molecule has 0 unspecified atom stereocenters. The largest absolute Gasteiger partial charge is 0.497 e. The lowest BCUT2D eigenvalue weighted by Crippen LogP contribution is -2.32. The molecule has 0 saturated carbocycles. The summed E-state index contributed by atoms with van der Waals surface area (Å²) < 4.78 is 23.8. The van der Waals surface area contributed by atoms with Gasteiger partial charge < -0.3 is 14.1 Å². The molecule has 0 aliphatic carbocycles. The molecule has 0 radical (unpaired) electrons. The monoisotopic (exact) mass is 387 g/mol. The maximum Gasteiger partial charge on any atom is 0.277 e. The number of carbonyl (C=O) groups is 1. The fourth-order valence-electron chi connectivity index (χ4n) is 2.44. The molecule has 0 atom stereocenters. The third-order valence-electron chi connectivity index (χ3n) is 3.82. The van der Waals surface area contributed by atoms with Gasteiger partial charge in [0.1, 0.15) is 11.6 Å². The van der Waals surface area contributed by atoms with Gasteiger partial charge in [0.2, 0.25) is 11.8 Å². The highest BCUT2D eigenvalue weighted by Gasteiger charge is 2.17. The minimum Gasteiger partial charge on any atom is -0.497 e. The van der Waals surface area contributed by atoms with E-state index in [-0.39, 0.29) is 17.5 Å². The van der Waals surface area contributed by atoms with E-state index in [2.05, 4.69) is 10.2 Å². The maximum absolute atomic E-state index is 13.1. The van der Waals surface area contributed by atoms with Crippen molar-refractivity contribution >= 4 is 23.4 Å². The minimum absolute atomic E-state index is 0.127. The Hall–Kier alpha value is -2.87. The molecule has 3 aromatic rings. The van der Waals surface area contributed by atoms with Gasteiger partial charge in [-0.1, -0.05) is 11.8 Å². The summed E-state index contributed by atoms with van der Waals surface area (Å²) in [6.45, 7) is 2.34. The van der Waals surface area contributed by atoms with Crippen LogP contribution in [0.25, 0.3) is 11.5 Å². The van der Waals surface area contributed by atoms with Crippen LogP contribution >= 0.6 is 11.8 Å². The van der Waals surface area contributed by atoms with E-state index in [9.17, 15) is 9.18 Å². The Morgan fingerprint density at radius 3 is 2.48 bits per heavy atom. The van der Waals surface area contributed by atoms with Gasteiger partial charge in [0.05, 0.1) is 12.9 Å². The molecule has 0 saturated heterocycles. The van der Waals surface area contributed by atoms with E-state index in [4.69, 9.17) is 9.15 Å². The Labute approximate surface area is 160 Å². The van der Waals surface area contributed by atoms with Crippen molar-refractivity contribution in [1.82, 2.24) is 10.2 Å². The average Bonchev–Trinajstić information content (AvgIpc) is 3.17. The van der Waals surface area contributed by atoms with Gasteiger partial charge in [-0.15, -0.1) is 10.2 Å². The Kier molecular flexibility index (Phi) is 6.08. The lowest BCUT2D eigenvalue weighted by molar-refractivity contribution is -0.116. The highest BCUT2D eigenvalue weighted by Crippen LogP contribution is 2.25. The van der Waals surface area contributed by atoms with Gasteiger partial charge in [-0.2, -0.15) is 0 Å². The topological polar surface area (TPSA) is 68.5 Å². The molecule has 27 heavy (non-hydrogen) atoms. The molecule has 1 aromatic heterocycles. The zero-order valence-corrected chi connectivity index (χ0v) is 15.7. The molecule has 0 fully saturated rings. The van der Waals surface area contributed by atoms with Crippen molar-refractivity contribution in [1.29, 1.82) is 0 Å². The summed E-state index contributed by atoms with van der Waals surface area (Å²) in [7, 11) is 1.60. The number of thioether (sulfide) groups is 1. The van der Waals surface area contributed by atoms with Crippen molar-refractivity contribution in [2.24, 2.45) is 0 Å². The number of benzene rings is 2. The van der Waals surface area contributed by atoms with E-state index in [1.807, 2.05) is 19.1 Å². The van der Waals surface area contributed by atoms with Crippen LogP contribution in [0.15, 0.2) is 58.2 Å². The molecule has 0 aliphatic heterocycles. The predicted octanol–water partition coefficient (Wildman–Crippen LogP) is 4.03. The number of amides is 1. The van der Waals surface area contributed by atoms with E-state index >= 15 is 0 Å². The van der Waals surface area contributed by atoms with Gasteiger partial charge in [-0.3, -0.25) is 4.79 Å². The van der Waals surface area contributed by atoms with E-state index in [0.29, 0.717) is 23.3 Å². The average molecular weight is 387 g/mol. The van der Waals surface area contributed by atoms with Crippen LogP contribution in [0, 0.1) is 5.82 Å². The van der Waals surface area contributed by atoms with Crippen LogP contribution in [0.5, 0.6) is 5.75 Å². The molecule has 0 spiro atoms. The van der Waals surface area contributed by atoms with Gasteiger partial charge in [-0.05, 0) is 55.5 Å². The number of nitrogens with zero attached hydrogens (tertiary/aromatic N) is 3. The molecule has 1 heterocycles. The summed E-state index contributed by atoms with van der Waals surface area (Å²) in [5, 5.41) is 8.29. The molecule has 8 heteroatoms. The van der Waals surface area contributed by atoms with Crippen molar-refractivity contribution in [3.8, 4) is 17.2 Å². The first-order chi connectivity index (χ1) is 13.1. The second-order valence-electron chi connectivity index (χ2n) is 5.50. The Balaban J connectivity index is 1.63. The standard InChI is InChI=1S/C19H18FN3O3S/c1-3-23(15-8-6-14(20)7-9-15)17(24)12-27-19-22-21-18(26-19)13-4-10-16(25-2)11-5-13/h4-11H,3,12H2,1-2H3. The highest BCUT2D eigenvalue weighted by atomic mass is 32.2. The lowest BCUT2D eigenvalue weighted by atomic mass is 10.2. The molecule has 140 valence electrons. The quantitative estimate of drug-likeness (QED) is 0.570. The van der Waals surface area contributed by atoms with Crippen molar-refractivity contribution in [3.63, 3.8) is 0 Å². The summed E-state index contributed by atoms with van der Waals surface area (Å²) in [4.78, 5) is 14.1. The number of carbonyl (C=O) groups excluding carboxylic acids is 1. The van der Waals surface area contributed by atoms with Gasteiger partial charge in [0.15, 0.2) is 0 Å². The van der Waals surface area contributed by atoms with Crippen molar-refractivity contribution in [2.75, 3.05) is 24.3 Å². The lowest BCUT2D eigenvalue weighted by Gasteiger charge is -2.20. The molecular weight excluding hydrogens is 369 g/mol. The molecule has 0 N–H and O–H groups in total. The number of ether oxygens (including phenoxy) is 1. The summed E-state index contributed by atoms with van der Waals surface area (Å²) >= 11 is 1.16. The smallest absolute Gasteiger partial charge is 0.277 e. The van der Waals surface area contributed by atoms with Crippen LogP contribution in [-0.2, 0) is 4.79 Å². The van der Waals surface area contributed by atoms with E-state index < -0.39 is 0 Å². The Bertz CT molecular complexity index is 897.